The van der Waals surface area contributed by atoms with Gasteiger partial charge in [-0.3, -0.25) is 4.79 Å². The molecule has 1 N–H and O–H groups in total. The number of hydrogen-bond acceptors (Lipinski definition) is 4. The number of hydrogen-bond donors (Lipinski definition) is 1. The van der Waals surface area contributed by atoms with Crippen molar-refractivity contribution in [1.82, 2.24) is 4.31 Å². The van der Waals surface area contributed by atoms with Crippen LogP contribution in [-0.4, -0.2) is 37.5 Å². The molecule has 1 fully saturated rings. The second kappa shape index (κ2) is 9.58. The first-order valence-corrected chi connectivity index (χ1v) is 12.1. The van der Waals surface area contributed by atoms with Crippen LogP contribution in [-0.2, 0) is 20.6 Å². The summed E-state index contributed by atoms with van der Waals surface area (Å²) in [5, 5.41) is 2.87. The summed E-state index contributed by atoms with van der Waals surface area (Å²) in [5.74, 6) is 0.949. The molecule has 1 aliphatic heterocycles. The fraction of sp³-hybridized carbons (Fsp3) is 0.381. The van der Waals surface area contributed by atoms with Crippen LogP contribution in [0.5, 0.6) is 0 Å². The minimum Gasteiger partial charge on any atom is -0.325 e. The lowest BCUT2D eigenvalue weighted by Crippen LogP contribution is -2.35. The summed E-state index contributed by atoms with van der Waals surface area (Å²) in [6.45, 7) is 2.99. The minimum atomic E-state index is -3.51. The van der Waals surface area contributed by atoms with Gasteiger partial charge in [0.2, 0.25) is 15.9 Å². The van der Waals surface area contributed by atoms with Crippen molar-refractivity contribution in [3.05, 3.63) is 59.7 Å². The topological polar surface area (TPSA) is 66.5 Å². The monoisotopic (exact) mass is 418 g/mol. The summed E-state index contributed by atoms with van der Waals surface area (Å²) in [6.07, 6.45) is 2.86. The van der Waals surface area contributed by atoms with Crippen molar-refractivity contribution < 1.29 is 13.2 Å². The van der Waals surface area contributed by atoms with Gasteiger partial charge in [-0.15, -0.1) is 11.8 Å². The molecule has 7 heteroatoms. The number of nitrogens with one attached hydrogen (secondary N) is 1. The van der Waals surface area contributed by atoms with E-state index in [2.05, 4.69) is 5.32 Å². The molecule has 5 nitrogen and oxygen atoms in total. The third-order valence-electron chi connectivity index (χ3n) is 4.78. The Bertz CT molecular complexity index is 909. The molecule has 0 atom stereocenters. The minimum absolute atomic E-state index is 0.128. The molecular formula is C21H26N2O3S2. The first-order valence-electron chi connectivity index (χ1n) is 9.49. The van der Waals surface area contributed by atoms with Crippen LogP contribution in [0.3, 0.4) is 0 Å². The van der Waals surface area contributed by atoms with Crippen LogP contribution in [0.25, 0.3) is 0 Å². The molecule has 3 rings (SSSR count). The van der Waals surface area contributed by atoms with Crippen LogP contribution in [0.1, 0.15) is 30.4 Å². The molecule has 1 aliphatic rings. The van der Waals surface area contributed by atoms with Gasteiger partial charge in [0, 0.05) is 24.5 Å². The van der Waals surface area contributed by atoms with Crippen molar-refractivity contribution >= 4 is 33.4 Å². The Labute approximate surface area is 171 Å². The molecule has 0 spiro atoms. The molecule has 2 aromatic rings. The first kappa shape index (κ1) is 20.9. The van der Waals surface area contributed by atoms with Gasteiger partial charge in [0.25, 0.3) is 0 Å². The van der Waals surface area contributed by atoms with E-state index in [9.17, 15) is 13.2 Å². The summed E-state index contributed by atoms with van der Waals surface area (Å²) in [5.41, 5.74) is 2.58. The molecule has 1 saturated heterocycles. The first-order chi connectivity index (χ1) is 13.5. The molecule has 150 valence electrons. The predicted octanol–water partition coefficient (Wildman–Crippen LogP) is 4.04. The van der Waals surface area contributed by atoms with E-state index in [-0.39, 0.29) is 10.8 Å². The number of benzene rings is 2. The van der Waals surface area contributed by atoms with Gasteiger partial charge < -0.3 is 5.32 Å². The van der Waals surface area contributed by atoms with E-state index >= 15 is 0 Å². The smallest absolute Gasteiger partial charge is 0.243 e. The van der Waals surface area contributed by atoms with Gasteiger partial charge in [0.05, 0.1) is 10.6 Å². The number of rotatable bonds is 7. The van der Waals surface area contributed by atoms with Crippen LogP contribution in [0.4, 0.5) is 5.69 Å². The fourth-order valence-electron chi connectivity index (χ4n) is 3.17. The maximum Gasteiger partial charge on any atom is 0.243 e. The highest BCUT2D eigenvalue weighted by molar-refractivity contribution is 7.99. The zero-order valence-corrected chi connectivity index (χ0v) is 17.7. The summed E-state index contributed by atoms with van der Waals surface area (Å²) >= 11 is 1.53. The molecule has 2 aromatic carbocycles. The molecule has 0 aromatic heterocycles. The normalized spacial score (nSPS) is 15.3. The highest BCUT2D eigenvalue weighted by Crippen LogP contribution is 2.25. The molecular weight excluding hydrogens is 392 g/mol. The summed E-state index contributed by atoms with van der Waals surface area (Å²) in [6, 6.07) is 14.9. The van der Waals surface area contributed by atoms with E-state index in [1.165, 1.54) is 17.3 Å². The predicted molar refractivity (Wildman–Crippen MR) is 115 cm³/mol. The van der Waals surface area contributed by atoms with E-state index in [4.69, 9.17) is 0 Å². The number of aryl methyl sites for hydroxylation is 1. The van der Waals surface area contributed by atoms with Crippen molar-refractivity contribution in [3.8, 4) is 0 Å². The van der Waals surface area contributed by atoms with Gasteiger partial charge in [-0.25, -0.2) is 8.42 Å². The van der Waals surface area contributed by atoms with Crippen molar-refractivity contribution in [2.24, 2.45) is 0 Å². The Morgan fingerprint density at radius 1 is 1.07 bits per heavy atom. The zero-order valence-electron chi connectivity index (χ0n) is 16.1. The van der Waals surface area contributed by atoms with Gasteiger partial charge >= 0.3 is 0 Å². The van der Waals surface area contributed by atoms with Gasteiger partial charge in [0.1, 0.15) is 0 Å². The van der Waals surface area contributed by atoms with E-state index in [1.807, 2.05) is 37.3 Å². The third-order valence-corrected chi connectivity index (χ3v) is 7.68. The van der Waals surface area contributed by atoms with Crippen LogP contribution in [0.2, 0.25) is 0 Å². The van der Waals surface area contributed by atoms with Crippen LogP contribution in [0, 0.1) is 6.92 Å². The summed E-state index contributed by atoms with van der Waals surface area (Å²) in [7, 11) is -3.51. The summed E-state index contributed by atoms with van der Waals surface area (Å²) in [4.78, 5) is 12.6. The van der Waals surface area contributed by atoms with E-state index in [0.717, 1.165) is 30.6 Å². The molecule has 1 heterocycles. The number of piperidine rings is 1. The summed E-state index contributed by atoms with van der Waals surface area (Å²) < 4.78 is 27.3. The van der Waals surface area contributed by atoms with Crippen molar-refractivity contribution in [2.45, 2.75) is 36.8 Å². The fourth-order valence-corrected chi connectivity index (χ4v) is 5.50. The van der Waals surface area contributed by atoms with Gasteiger partial charge in [-0.05, 0) is 43.0 Å². The van der Waals surface area contributed by atoms with Crippen molar-refractivity contribution in [2.75, 3.05) is 24.2 Å². The number of carbonyl (C=O) groups is 1. The largest absolute Gasteiger partial charge is 0.325 e. The number of nitrogens with zero attached hydrogens (tertiary/aromatic N) is 1. The quantitative estimate of drug-likeness (QED) is 0.737. The molecule has 1 amide bonds. The molecule has 0 bridgehead atoms. The highest BCUT2D eigenvalue weighted by Gasteiger charge is 2.26. The van der Waals surface area contributed by atoms with Gasteiger partial charge in [-0.2, -0.15) is 4.31 Å². The lowest BCUT2D eigenvalue weighted by molar-refractivity contribution is -0.113. The highest BCUT2D eigenvalue weighted by atomic mass is 32.2. The lowest BCUT2D eigenvalue weighted by atomic mass is 10.2. The number of anilines is 1. The Morgan fingerprint density at radius 3 is 2.50 bits per heavy atom. The van der Waals surface area contributed by atoms with Crippen molar-refractivity contribution in [3.63, 3.8) is 0 Å². The molecule has 28 heavy (non-hydrogen) atoms. The van der Waals surface area contributed by atoms with Crippen LogP contribution < -0.4 is 5.32 Å². The number of carbonyl (C=O) groups excluding carboxylic acids is 1. The third kappa shape index (κ3) is 5.37. The average molecular weight is 419 g/mol. The number of sulfonamides is 1. The lowest BCUT2D eigenvalue weighted by Gasteiger charge is -2.26. The molecule has 0 aliphatic carbocycles. The molecule has 0 unspecified atom stereocenters. The molecule has 0 radical (unpaired) electrons. The van der Waals surface area contributed by atoms with Crippen LogP contribution >= 0.6 is 11.8 Å². The Hall–Kier alpha value is -1.83. The Morgan fingerprint density at radius 2 is 1.79 bits per heavy atom. The second-order valence-corrected chi connectivity index (χ2v) is 9.89. The standard InChI is InChI=1S/C21H26N2O3S2/c1-17-10-11-19(28(25,26)23-12-6-3-7-13-23)14-20(17)22-21(24)16-27-15-18-8-4-2-5-9-18/h2,4-5,8-11,14H,3,6-7,12-13,15-16H2,1H3,(H,22,24). The molecule has 0 saturated carbocycles. The average Bonchev–Trinajstić information content (AvgIpc) is 2.71. The van der Waals surface area contributed by atoms with Crippen LogP contribution in [0.15, 0.2) is 53.4 Å². The van der Waals surface area contributed by atoms with E-state index < -0.39 is 10.0 Å². The van der Waals surface area contributed by atoms with E-state index in [0.29, 0.717) is 24.5 Å². The van der Waals surface area contributed by atoms with Gasteiger partial charge in [-0.1, -0.05) is 42.8 Å². The second-order valence-electron chi connectivity index (χ2n) is 6.97. The maximum absolute atomic E-state index is 12.9. The van der Waals surface area contributed by atoms with Gasteiger partial charge in [0.15, 0.2) is 0 Å². The van der Waals surface area contributed by atoms with E-state index in [1.54, 1.807) is 22.5 Å². The Balaban J connectivity index is 1.63. The SMILES string of the molecule is Cc1ccc(S(=O)(=O)N2CCCCC2)cc1NC(=O)CSCc1ccccc1. The zero-order chi connectivity index (χ0) is 20.0. The number of thioether (sulfide) groups is 1. The van der Waals surface area contributed by atoms with Crippen molar-refractivity contribution in [1.29, 1.82) is 0 Å². The number of amides is 1. The Kier molecular flexibility index (Phi) is 7.15. The maximum atomic E-state index is 12.9.